The molecule has 1 aromatic heterocycles. The van der Waals surface area contributed by atoms with Crippen molar-refractivity contribution in [2.75, 3.05) is 13.7 Å². The number of methoxy groups -OCH3 is 1. The highest BCUT2D eigenvalue weighted by atomic mass is 19.1. The van der Waals surface area contributed by atoms with Gasteiger partial charge in [-0.05, 0) is 85.2 Å². The van der Waals surface area contributed by atoms with Gasteiger partial charge in [0.15, 0.2) is 11.6 Å². The van der Waals surface area contributed by atoms with Crippen LogP contribution in [-0.2, 0) is 16.1 Å². The summed E-state index contributed by atoms with van der Waals surface area (Å²) in [6, 6.07) is 4.76. The summed E-state index contributed by atoms with van der Waals surface area (Å²) in [6.45, 7) is 16.6. The summed E-state index contributed by atoms with van der Waals surface area (Å²) in [5.74, 6) is 2.32. The third-order valence-corrected chi connectivity index (χ3v) is 10.3. The topological polar surface area (TPSA) is 57.0 Å². The first-order valence-corrected chi connectivity index (χ1v) is 15.1. The predicted molar refractivity (Wildman–Crippen MR) is 153 cm³/mol. The number of carbonyl (C=O) groups excluding carboxylic acids is 1. The molecule has 38 heavy (non-hydrogen) atoms. The van der Waals surface area contributed by atoms with Crippen LogP contribution in [0.25, 0.3) is 11.0 Å². The first-order valence-electron chi connectivity index (χ1n) is 15.1. The van der Waals surface area contributed by atoms with Crippen molar-refractivity contribution < 1.29 is 13.9 Å². The molecule has 6 heteroatoms. The number of carbonyl (C=O) groups is 1. The number of benzene rings is 1. The Labute approximate surface area is 230 Å². The fourth-order valence-corrected chi connectivity index (χ4v) is 8.02. The minimum Gasteiger partial charge on any atom is -0.384 e. The maximum atomic E-state index is 14.4. The molecule has 2 aromatic rings. The van der Waals surface area contributed by atoms with Gasteiger partial charge in [0, 0.05) is 13.0 Å². The van der Waals surface area contributed by atoms with Crippen LogP contribution in [0, 0.1) is 46.2 Å². The Kier molecular flexibility index (Phi) is 10.5. The van der Waals surface area contributed by atoms with Gasteiger partial charge in [-0.1, -0.05) is 72.6 Å². The van der Waals surface area contributed by atoms with E-state index in [0.717, 1.165) is 25.4 Å². The first-order chi connectivity index (χ1) is 18.1. The molecule has 0 radical (unpaired) electrons. The lowest BCUT2D eigenvalue weighted by Gasteiger charge is -2.46. The number of nitrogens with zero attached hydrogens (tertiary/aromatic N) is 3. The lowest BCUT2D eigenvalue weighted by Crippen LogP contribution is -2.40. The van der Waals surface area contributed by atoms with Crippen LogP contribution >= 0.6 is 0 Å². The van der Waals surface area contributed by atoms with E-state index in [1.807, 2.05) is 21.0 Å². The Bertz CT molecular complexity index is 1050. The van der Waals surface area contributed by atoms with E-state index in [-0.39, 0.29) is 29.5 Å². The number of hydrogen-bond acceptors (Lipinski definition) is 4. The molecule has 6 atom stereocenters. The molecule has 0 amide bonds. The van der Waals surface area contributed by atoms with Crippen LogP contribution in [0.1, 0.15) is 99.8 Å². The summed E-state index contributed by atoms with van der Waals surface area (Å²) in [5, 5.41) is 8.15. The van der Waals surface area contributed by atoms with Crippen molar-refractivity contribution in [3.63, 3.8) is 0 Å². The average Bonchev–Trinajstić information content (AvgIpc) is 3.45. The van der Waals surface area contributed by atoms with Crippen molar-refractivity contribution in [1.29, 1.82) is 0 Å². The third kappa shape index (κ3) is 6.16. The van der Waals surface area contributed by atoms with Crippen molar-refractivity contribution >= 4 is 16.8 Å². The van der Waals surface area contributed by atoms with Gasteiger partial charge in [-0.25, -0.2) is 9.07 Å². The van der Waals surface area contributed by atoms with Crippen molar-refractivity contribution in [3.05, 3.63) is 24.0 Å². The largest absolute Gasteiger partial charge is 0.384 e. The fourth-order valence-electron chi connectivity index (χ4n) is 8.02. The second kappa shape index (κ2) is 13.0. The Hall–Kier alpha value is -1.82. The van der Waals surface area contributed by atoms with Gasteiger partial charge in [0.1, 0.15) is 17.6 Å². The summed E-state index contributed by atoms with van der Waals surface area (Å²) in [5.41, 5.74) is 1.05. The second-order valence-corrected chi connectivity index (χ2v) is 12.7. The Morgan fingerprint density at radius 2 is 1.97 bits per heavy atom. The molecule has 0 aliphatic heterocycles. The predicted octanol–water partition coefficient (Wildman–Crippen LogP) is 8.11. The Balaban J connectivity index is 0.00000195. The van der Waals surface area contributed by atoms with Crippen LogP contribution in [-0.4, -0.2) is 34.5 Å². The minimum atomic E-state index is -0.379. The molecule has 0 bridgehead atoms. The molecule has 6 unspecified atom stereocenters. The summed E-state index contributed by atoms with van der Waals surface area (Å²) in [7, 11) is 1.85. The molecule has 2 fully saturated rings. The standard InChI is InChI=1S/C30H46FN3O2.C2H6/c1-7-30(19-36-6)16-15-20(2)17-22(30)12-11-21(3)23-13-14-24(29(23,4)5)27(35)18-34-28-25(31)9-8-10-26(28)32-33-34;1-2/h8-10,20-24H,7,11-19H2,1-6H3;1-2H3. The van der Waals surface area contributed by atoms with E-state index in [2.05, 4.69) is 44.9 Å². The summed E-state index contributed by atoms with van der Waals surface area (Å²) >= 11 is 0. The maximum absolute atomic E-state index is 14.4. The zero-order chi connectivity index (χ0) is 28.1. The third-order valence-electron chi connectivity index (χ3n) is 10.3. The number of ketones is 1. The van der Waals surface area contributed by atoms with Gasteiger partial charge < -0.3 is 4.74 Å². The lowest BCUT2D eigenvalue weighted by molar-refractivity contribution is -0.127. The zero-order valence-electron chi connectivity index (χ0n) is 25.2. The van der Waals surface area contributed by atoms with Gasteiger partial charge in [-0.15, -0.1) is 5.10 Å². The Morgan fingerprint density at radius 3 is 2.66 bits per heavy atom. The lowest BCUT2D eigenvalue weighted by atomic mass is 9.60. The van der Waals surface area contributed by atoms with Crippen molar-refractivity contribution in [2.45, 2.75) is 106 Å². The van der Waals surface area contributed by atoms with Crippen molar-refractivity contribution in [2.24, 2.45) is 40.4 Å². The van der Waals surface area contributed by atoms with Crippen molar-refractivity contribution in [1.82, 2.24) is 15.0 Å². The molecule has 0 saturated heterocycles. The molecule has 2 saturated carbocycles. The van der Waals surface area contributed by atoms with E-state index in [4.69, 9.17) is 4.74 Å². The van der Waals surface area contributed by atoms with Gasteiger partial charge in [-0.3, -0.25) is 4.79 Å². The van der Waals surface area contributed by atoms with Gasteiger partial charge in [0.05, 0.1) is 6.61 Å². The number of halogens is 1. The molecule has 1 heterocycles. The molecule has 1 aromatic carbocycles. The van der Waals surface area contributed by atoms with Crippen LogP contribution in [0.3, 0.4) is 0 Å². The molecule has 4 rings (SSSR count). The summed E-state index contributed by atoms with van der Waals surface area (Å²) < 4.78 is 21.6. The molecule has 2 aliphatic carbocycles. The number of fused-ring (bicyclic) bond motifs is 1. The van der Waals surface area contributed by atoms with E-state index in [9.17, 15) is 9.18 Å². The van der Waals surface area contributed by atoms with Crippen LogP contribution < -0.4 is 0 Å². The minimum absolute atomic E-state index is 0.0334. The summed E-state index contributed by atoms with van der Waals surface area (Å²) in [6.07, 6.45) is 9.52. The number of para-hydroxylation sites is 1. The van der Waals surface area contributed by atoms with Crippen LogP contribution in [0.15, 0.2) is 18.2 Å². The first kappa shape index (κ1) is 30.7. The number of aromatic nitrogens is 3. The molecular formula is C32H52FN3O2. The maximum Gasteiger partial charge on any atom is 0.157 e. The smallest absolute Gasteiger partial charge is 0.157 e. The van der Waals surface area contributed by atoms with Gasteiger partial charge >= 0.3 is 0 Å². The highest BCUT2D eigenvalue weighted by molar-refractivity contribution is 5.84. The SMILES string of the molecule is CC.CCC1(COC)CCC(C)CC1CCC(C)C1CCC(C(=O)Cn2nnc3cccc(F)c32)C1(C)C. The van der Waals surface area contributed by atoms with Crippen molar-refractivity contribution in [3.8, 4) is 0 Å². The molecular weight excluding hydrogens is 477 g/mol. The van der Waals surface area contributed by atoms with Gasteiger partial charge in [0.2, 0.25) is 0 Å². The number of ether oxygens (including phenoxy) is 1. The van der Waals surface area contributed by atoms with E-state index >= 15 is 0 Å². The average molecular weight is 530 g/mol. The van der Waals surface area contributed by atoms with Crippen LogP contribution in [0.2, 0.25) is 0 Å². The number of Topliss-reactive ketones (excluding diaryl/α,β-unsaturated/α-hetero) is 1. The summed E-state index contributed by atoms with van der Waals surface area (Å²) in [4.78, 5) is 13.5. The monoisotopic (exact) mass is 529 g/mol. The molecule has 5 nitrogen and oxygen atoms in total. The van der Waals surface area contributed by atoms with Crippen LogP contribution in [0.4, 0.5) is 4.39 Å². The molecule has 0 spiro atoms. The zero-order valence-corrected chi connectivity index (χ0v) is 25.2. The second-order valence-electron chi connectivity index (χ2n) is 12.7. The number of rotatable bonds is 10. The highest BCUT2D eigenvalue weighted by Gasteiger charge is 2.48. The number of hydrogen-bond donors (Lipinski definition) is 0. The highest BCUT2D eigenvalue weighted by Crippen LogP contribution is 2.53. The normalized spacial score (nSPS) is 29.6. The Morgan fingerprint density at radius 1 is 1.24 bits per heavy atom. The quantitative estimate of drug-likeness (QED) is 0.312. The van der Waals surface area contributed by atoms with Gasteiger partial charge in [-0.2, -0.15) is 0 Å². The van der Waals surface area contributed by atoms with E-state index in [0.29, 0.717) is 34.2 Å². The van der Waals surface area contributed by atoms with E-state index in [1.54, 1.807) is 12.1 Å². The fraction of sp³-hybridized carbons (Fsp3) is 0.781. The van der Waals surface area contributed by atoms with E-state index in [1.165, 1.54) is 49.3 Å². The molecule has 0 N–H and O–H groups in total. The van der Waals surface area contributed by atoms with E-state index < -0.39 is 0 Å². The van der Waals surface area contributed by atoms with Gasteiger partial charge in [0.25, 0.3) is 0 Å². The molecule has 2 aliphatic rings. The van der Waals surface area contributed by atoms with Crippen LogP contribution in [0.5, 0.6) is 0 Å². The molecule has 214 valence electrons.